The Kier molecular flexibility index (Phi) is 5.92. The van der Waals surface area contributed by atoms with Gasteiger partial charge in [0.25, 0.3) is 5.91 Å². The molecule has 0 aliphatic heterocycles. The third-order valence-electron chi connectivity index (χ3n) is 3.90. The number of carbonyl (C=O) groups is 1. The van der Waals surface area contributed by atoms with Gasteiger partial charge in [0.1, 0.15) is 23.2 Å². The molecular formula is C21H16FN3O2S. The maximum atomic E-state index is 13.3. The van der Waals surface area contributed by atoms with Gasteiger partial charge in [0.2, 0.25) is 5.88 Å². The van der Waals surface area contributed by atoms with Gasteiger partial charge in [-0.05, 0) is 61.2 Å². The second-order valence-electron chi connectivity index (χ2n) is 5.89. The van der Waals surface area contributed by atoms with E-state index in [-0.39, 0.29) is 22.8 Å². The lowest BCUT2D eigenvalue weighted by atomic mass is 10.2. The van der Waals surface area contributed by atoms with Crippen LogP contribution in [0, 0.1) is 24.1 Å². The van der Waals surface area contributed by atoms with Crippen LogP contribution in [0.3, 0.4) is 0 Å². The van der Waals surface area contributed by atoms with Crippen LogP contribution in [-0.4, -0.2) is 17.1 Å². The third-order valence-corrected chi connectivity index (χ3v) is 4.62. The zero-order chi connectivity index (χ0) is 20.1. The highest BCUT2D eigenvalue weighted by Crippen LogP contribution is 2.28. The molecule has 28 heavy (non-hydrogen) atoms. The van der Waals surface area contributed by atoms with Crippen molar-refractivity contribution in [3.63, 3.8) is 0 Å². The molecule has 0 spiro atoms. The van der Waals surface area contributed by atoms with Crippen molar-refractivity contribution in [2.45, 2.75) is 11.8 Å². The standard InChI is InChI=1S/C21H16FN3O2S/c1-13-8-15(22)6-7-19(13)27-21-18(9-14(11-23)12-24-21)20(26)25-16-4-3-5-17(10-16)28-2/h3-10,12H,1-2H3,(H,25,26). The fraction of sp³-hybridized carbons (Fsp3) is 0.0952. The number of hydrogen-bond acceptors (Lipinski definition) is 5. The maximum Gasteiger partial charge on any atom is 0.261 e. The van der Waals surface area contributed by atoms with E-state index in [1.807, 2.05) is 30.5 Å². The first-order valence-corrected chi connectivity index (χ1v) is 9.52. The van der Waals surface area contributed by atoms with Gasteiger partial charge in [0.05, 0.1) is 5.56 Å². The highest BCUT2D eigenvalue weighted by Gasteiger charge is 2.17. The van der Waals surface area contributed by atoms with Gasteiger partial charge in [-0.25, -0.2) is 9.37 Å². The Hall–Kier alpha value is -3.37. The van der Waals surface area contributed by atoms with Crippen molar-refractivity contribution in [3.8, 4) is 17.7 Å². The van der Waals surface area contributed by atoms with E-state index in [1.165, 1.54) is 30.5 Å². The molecule has 3 rings (SSSR count). The average Bonchev–Trinajstić information content (AvgIpc) is 2.70. The SMILES string of the molecule is CSc1cccc(NC(=O)c2cc(C#N)cnc2Oc2ccc(F)cc2C)c1. The van der Waals surface area contributed by atoms with Crippen molar-refractivity contribution in [2.75, 3.05) is 11.6 Å². The lowest BCUT2D eigenvalue weighted by Gasteiger charge is -2.12. The Balaban J connectivity index is 1.94. The summed E-state index contributed by atoms with van der Waals surface area (Å²) >= 11 is 1.56. The first-order valence-electron chi connectivity index (χ1n) is 8.29. The van der Waals surface area contributed by atoms with Gasteiger partial charge in [0.15, 0.2) is 0 Å². The summed E-state index contributed by atoms with van der Waals surface area (Å²) in [7, 11) is 0. The zero-order valence-electron chi connectivity index (χ0n) is 15.2. The number of halogens is 1. The van der Waals surface area contributed by atoms with Crippen LogP contribution >= 0.6 is 11.8 Å². The number of pyridine rings is 1. The first kappa shape index (κ1) is 19.4. The number of benzene rings is 2. The Morgan fingerprint density at radius 2 is 2.07 bits per heavy atom. The van der Waals surface area contributed by atoms with Crippen LogP contribution in [0.5, 0.6) is 11.6 Å². The van der Waals surface area contributed by atoms with Gasteiger partial charge in [-0.2, -0.15) is 5.26 Å². The van der Waals surface area contributed by atoms with E-state index in [1.54, 1.807) is 24.8 Å². The minimum absolute atomic E-state index is 0.0345. The predicted molar refractivity (Wildman–Crippen MR) is 106 cm³/mol. The van der Waals surface area contributed by atoms with Crippen LogP contribution in [0.2, 0.25) is 0 Å². The normalized spacial score (nSPS) is 10.2. The molecule has 7 heteroatoms. The van der Waals surface area contributed by atoms with Crippen LogP contribution in [0.4, 0.5) is 10.1 Å². The number of anilines is 1. The number of carbonyl (C=O) groups excluding carboxylic acids is 1. The van der Waals surface area contributed by atoms with Gasteiger partial charge in [-0.3, -0.25) is 4.79 Å². The van der Waals surface area contributed by atoms with Crippen LogP contribution < -0.4 is 10.1 Å². The van der Waals surface area contributed by atoms with Gasteiger partial charge in [0, 0.05) is 16.8 Å². The number of ether oxygens (including phenoxy) is 1. The summed E-state index contributed by atoms with van der Waals surface area (Å²) in [5.41, 5.74) is 1.51. The topological polar surface area (TPSA) is 75.0 Å². The minimum Gasteiger partial charge on any atom is -0.438 e. The van der Waals surface area contributed by atoms with E-state index in [0.717, 1.165) is 4.90 Å². The first-order chi connectivity index (χ1) is 13.5. The maximum absolute atomic E-state index is 13.3. The fourth-order valence-corrected chi connectivity index (χ4v) is 2.95. The molecule has 0 radical (unpaired) electrons. The second kappa shape index (κ2) is 8.55. The molecule has 0 atom stereocenters. The number of nitrogens with zero attached hydrogens (tertiary/aromatic N) is 2. The highest BCUT2D eigenvalue weighted by molar-refractivity contribution is 7.98. The number of rotatable bonds is 5. The Labute approximate surface area is 166 Å². The summed E-state index contributed by atoms with van der Waals surface area (Å²) in [5.74, 6) is -0.439. The van der Waals surface area contributed by atoms with Crippen LogP contribution in [0.25, 0.3) is 0 Å². The lowest BCUT2D eigenvalue weighted by Crippen LogP contribution is -2.14. The van der Waals surface area contributed by atoms with Gasteiger partial charge >= 0.3 is 0 Å². The van der Waals surface area contributed by atoms with Crippen molar-refractivity contribution in [3.05, 3.63) is 77.2 Å². The lowest BCUT2D eigenvalue weighted by molar-refractivity contribution is 0.102. The summed E-state index contributed by atoms with van der Waals surface area (Å²) in [5, 5.41) is 11.9. The second-order valence-corrected chi connectivity index (χ2v) is 6.77. The summed E-state index contributed by atoms with van der Waals surface area (Å²) in [6, 6.07) is 14.8. The Morgan fingerprint density at radius 3 is 2.79 bits per heavy atom. The zero-order valence-corrected chi connectivity index (χ0v) is 16.0. The Morgan fingerprint density at radius 1 is 1.25 bits per heavy atom. The molecule has 0 aliphatic rings. The van der Waals surface area contributed by atoms with Crippen molar-refractivity contribution in [2.24, 2.45) is 0 Å². The quantitative estimate of drug-likeness (QED) is 0.606. The van der Waals surface area contributed by atoms with Crippen molar-refractivity contribution < 1.29 is 13.9 Å². The van der Waals surface area contributed by atoms with Gasteiger partial charge in [-0.1, -0.05) is 6.07 Å². The van der Waals surface area contributed by atoms with Crippen molar-refractivity contribution in [1.82, 2.24) is 4.98 Å². The van der Waals surface area contributed by atoms with Crippen molar-refractivity contribution in [1.29, 1.82) is 5.26 Å². The van der Waals surface area contributed by atoms with E-state index < -0.39 is 5.91 Å². The highest BCUT2D eigenvalue weighted by atomic mass is 32.2. The van der Waals surface area contributed by atoms with Crippen molar-refractivity contribution >= 4 is 23.4 Å². The average molecular weight is 393 g/mol. The summed E-state index contributed by atoms with van der Waals surface area (Å²) in [6.07, 6.45) is 3.26. The van der Waals surface area contributed by atoms with E-state index >= 15 is 0 Å². The monoisotopic (exact) mass is 393 g/mol. The fourth-order valence-electron chi connectivity index (χ4n) is 2.49. The van der Waals surface area contributed by atoms with Gasteiger partial charge < -0.3 is 10.1 Å². The summed E-state index contributed by atoms with van der Waals surface area (Å²) < 4.78 is 19.1. The molecule has 0 fully saturated rings. The number of amides is 1. The molecule has 0 bridgehead atoms. The molecule has 0 aliphatic carbocycles. The number of aromatic nitrogens is 1. The summed E-state index contributed by atoms with van der Waals surface area (Å²) in [4.78, 5) is 17.9. The van der Waals surface area contributed by atoms with E-state index in [0.29, 0.717) is 17.0 Å². The minimum atomic E-state index is -0.461. The number of aryl methyl sites for hydroxylation is 1. The molecule has 3 aromatic rings. The smallest absolute Gasteiger partial charge is 0.261 e. The van der Waals surface area contributed by atoms with E-state index in [4.69, 9.17) is 10.00 Å². The molecular weight excluding hydrogens is 377 g/mol. The van der Waals surface area contributed by atoms with E-state index in [9.17, 15) is 9.18 Å². The molecule has 1 amide bonds. The van der Waals surface area contributed by atoms with Crippen LogP contribution in [-0.2, 0) is 0 Å². The molecule has 0 saturated heterocycles. The molecule has 5 nitrogen and oxygen atoms in total. The molecule has 1 aromatic heterocycles. The molecule has 0 saturated carbocycles. The number of hydrogen-bond donors (Lipinski definition) is 1. The summed E-state index contributed by atoms with van der Waals surface area (Å²) in [6.45, 7) is 1.69. The van der Waals surface area contributed by atoms with Crippen LogP contribution in [0.15, 0.2) is 59.6 Å². The van der Waals surface area contributed by atoms with E-state index in [2.05, 4.69) is 10.3 Å². The Bertz CT molecular complexity index is 1080. The number of thioether (sulfide) groups is 1. The molecule has 140 valence electrons. The molecule has 1 heterocycles. The largest absolute Gasteiger partial charge is 0.438 e. The van der Waals surface area contributed by atoms with Gasteiger partial charge in [-0.15, -0.1) is 11.8 Å². The predicted octanol–water partition coefficient (Wildman–Crippen LogP) is 5.17. The number of nitriles is 1. The number of nitrogens with one attached hydrogen (secondary N) is 1. The molecule has 2 aromatic carbocycles. The molecule has 0 unspecified atom stereocenters. The van der Waals surface area contributed by atoms with Crippen LogP contribution in [0.1, 0.15) is 21.5 Å². The molecule has 1 N–H and O–H groups in total. The third kappa shape index (κ3) is 4.48.